The van der Waals surface area contributed by atoms with Crippen LogP contribution in [-0.4, -0.2) is 44.5 Å². The Balaban J connectivity index is 1.86. The highest BCUT2D eigenvalue weighted by atomic mass is 19.4. The smallest absolute Gasteiger partial charge is 0.422 e. The standard InChI is InChI=1S/C15H19F3N2O3/c1-10(20-14(21)13-8-19-6-7-22-13)11-2-4-12(5-3-11)23-9-15(16,17)18/h2-5,10,13,19H,6-9H2,1H3,(H,20,21). The first-order chi connectivity index (χ1) is 10.8. The number of carbonyl (C=O) groups excluding carboxylic acids is 1. The van der Waals surface area contributed by atoms with Gasteiger partial charge in [0.25, 0.3) is 5.91 Å². The second-order valence-corrected chi connectivity index (χ2v) is 5.27. The molecule has 128 valence electrons. The number of hydrogen-bond acceptors (Lipinski definition) is 4. The van der Waals surface area contributed by atoms with E-state index in [9.17, 15) is 18.0 Å². The molecule has 1 aromatic rings. The average Bonchev–Trinajstić information content (AvgIpc) is 2.53. The molecule has 2 atom stereocenters. The van der Waals surface area contributed by atoms with Gasteiger partial charge < -0.3 is 20.1 Å². The molecule has 0 radical (unpaired) electrons. The number of amides is 1. The Morgan fingerprint density at radius 3 is 2.70 bits per heavy atom. The van der Waals surface area contributed by atoms with Crippen molar-refractivity contribution in [2.45, 2.75) is 25.2 Å². The van der Waals surface area contributed by atoms with Gasteiger partial charge >= 0.3 is 6.18 Å². The number of ether oxygens (including phenoxy) is 2. The largest absolute Gasteiger partial charge is 0.484 e. The van der Waals surface area contributed by atoms with Crippen LogP contribution in [0, 0.1) is 0 Å². The molecule has 0 bridgehead atoms. The van der Waals surface area contributed by atoms with Crippen molar-refractivity contribution < 1.29 is 27.4 Å². The van der Waals surface area contributed by atoms with Crippen LogP contribution in [0.25, 0.3) is 0 Å². The van der Waals surface area contributed by atoms with Gasteiger partial charge in [-0.1, -0.05) is 12.1 Å². The zero-order chi connectivity index (χ0) is 16.9. The van der Waals surface area contributed by atoms with Crippen LogP contribution in [-0.2, 0) is 9.53 Å². The van der Waals surface area contributed by atoms with Crippen LogP contribution < -0.4 is 15.4 Å². The van der Waals surface area contributed by atoms with Crippen LogP contribution in [0.1, 0.15) is 18.5 Å². The number of halogens is 3. The molecule has 0 spiro atoms. The van der Waals surface area contributed by atoms with Crippen LogP contribution >= 0.6 is 0 Å². The van der Waals surface area contributed by atoms with Gasteiger partial charge in [-0.2, -0.15) is 13.2 Å². The van der Waals surface area contributed by atoms with E-state index in [1.165, 1.54) is 12.1 Å². The highest BCUT2D eigenvalue weighted by molar-refractivity contribution is 5.81. The van der Waals surface area contributed by atoms with Crippen LogP contribution in [0.15, 0.2) is 24.3 Å². The minimum absolute atomic E-state index is 0.129. The van der Waals surface area contributed by atoms with E-state index in [1.54, 1.807) is 19.1 Å². The third kappa shape index (κ3) is 5.72. The third-order valence-electron chi connectivity index (χ3n) is 3.36. The Morgan fingerprint density at radius 1 is 1.43 bits per heavy atom. The summed E-state index contributed by atoms with van der Waals surface area (Å²) in [6, 6.07) is 5.85. The predicted molar refractivity (Wildman–Crippen MR) is 77.2 cm³/mol. The third-order valence-corrected chi connectivity index (χ3v) is 3.36. The SMILES string of the molecule is CC(NC(=O)C1CNCCO1)c1ccc(OCC(F)(F)F)cc1. The number of carbonyl (C=O) groups is 1. The van der Waals surface area contributed by atoms with E-state index in [4.69, 9.17) is 4.74 Å². The van der Waals surface area contributed by atoms with Crippen molar-refractivity contribution in [2.75, 3.05) is 26.3 Å². The van der Waals surface area contributed by atoms with E-state index in [1.807, 2.05) is 0 Å². The highest BCUT2D eigenvalue weighted by Gasteiger charge is 2.28. The molecule has 1 heterocycles. The number of nitrogens with one attached hydrogen (secondary N) is 2. The maximum Gasteiger partial charge on any atom is 0.422 e. The molecule has 0 saturated carbocycles. The summed E-state index contributed by atoms with van der Waals surface area (Å²) in [4.78, 5) is 12.0. The maximum absolute atomic E-state index is 12.1. The number of alkyl halides is 3. The molecule has 0 aromatic heterocycles. The lowest BCUT2D eigenvalue weighted by molar-refractivity contribution is -0.153. The Kier molecular flexibility index (Phi) is 5.84. The van der Waals surface area contributed by atoms with Gasteiger partial charge in [0.15, 0.2) is 6.61 Å². The van der Waals surface area contributed by atoms with Crippen molar-refractivity contribution in [3.05, 3.63) is 29.8 Å². The molecular formula is C15H19F3N2O3. The molecule has 1 aliphatic heterocycles. The first-order valence-corrected chi connectivity index (χ1v) is 7.27. The van der Waals surface area contributed by atoms with Crippen molar-refractivity contribution in [1.29, 1.82) is 0 Å². The molecule has 1 fully saturated rings. The number of rotatable bonds is 5. The van der Waals surface area contributed by atoms with Crippen molar-refractivity contribution in [1.82, 2.24) is 10.6 Å². The summed E-state index contributed by atoms with van der Waals surface area (Å²) in [7, 11) is 0. The second kappa shape index (κ2) is 7.65. The van der Waals surface area contributed by atoms with Gasteiger partial charge in [0.05, 0.1) is 12.6 Å². The summed E-state index contributed by atoms with van der Waals surface area (Å²) >= 11 is 0. The molecule has 1 aromatic carbocycles. The van der Waals surface area contributed by atoms with E-state index < -0.39 is 18.9 Å². The molecule has 1 saturated heterocycles. The first kappa shape index (κ1) is 17.6. The quantitative estimate of drug-likeness (QED) is 0.863. The van der Waals surface area contributed by atoms with E-state index in [-0.39, 0.29) is 17.7 Å². The Labute approximate surface area is 132 Å². The van der Waals surface area contributed by atoms with E-state index in [0.717, 1.165) is 12.1 Å². The predicted octanol–water partition coefficient (Wildman–Crippen LogP) is 1.79. The summed E-state index contributed by atoms with van der Waals surface area (Å²) in [5.41, 5.74) is 0.765. The molecule has 1 aliphatic rings. The zero-order valence-corrected chi connectivity index (χ0v) is 12.7. The van der Waals surface area contributed by atoms with Gasteiger partial charge in [0, 0.05) is 13.1 Å². The van der Waals surface area contributed by atoms with Gasteiger partial charge in [-0.3, -0.25) is 4.79 Å². The second-order valence-electron chi connectivity index (χ2n) is 5.27. The average molecular weight is 332 g/mol. The number of hydrogen-bond donors (Lipinski definition) is 2. The summed E-state index contributed by atoms with van der Waals surface area (Å²) in [6.07, 6.45) is -4.89. The van der Waals surface area contributed by atoms with Gasteiger partial charge in [0.2, 0.25) is 0 Å². The lowest BCUT2D eigenvalue weighted by atomic mass is 10.1. The molecule has 0 aliphatic carbocycles. The summed E-state index contributed by atoms with van der Waals surface area (Å²) < 4.78 is 46.2. The topological polar surface area (TPSA) is 59.6 Å². The Morgan fingerprint density at radius 2 is 2.13 bits per heavy atom. The molecular weight excluding hydrogens is 313 g/mol. The molecule has 8 heteroatoms. The monoisotopic (exact) mass is 332 g/mol. The Bertz CT molecular complexity index is 514. The van der Waals surface area contributed by atoms with Gasteiger partial charge in [-0.25, -0.2) is 0 Å². The molecule has 2 unspecified atom stereocenters. The van der Waals surface area contributed by atoms with E-state index >= 15 is 0 Å². The first-order valence-electron chi connectivity index (χ1n) is 7.27. The number of benzene rings is 1. The summed E-state index contributed by atoms with van der Waals surface area (Å²) in [5, 5.41) is 5.88. The van der Waals surface area contributed by atoms with Crippen molar-refractivity contribution in [3.63, 3.8) is 0 Å². The van der Waals surface area contributed by atoms with Crippen LogP contribution in [0.4, 0.5) is 13.2 Å². The van der Waals surface area contributed by atoms with Crippen molar-refractivity contribution >= 4 is 5.91 Å². The lowest BCUT2D eigenvalue weighted by Crippen LogP contribution is -2.48. The van der Waals surface area contributed by atoms with Crippen LogP contribution in [0.5, 0.6) is 5.75 Å². The maximum atomic E-state index is 12.1. The fourth-order valence-corrected chi connectivity index (χ4v) is 2.14. The van der Waals surface area contributed by atoms with Crippen molar-refractivity contribution in [2.24, 2.45) is 0 Å². The summed E-state index contributed by atoms with van der Waals surface area (Å²) in [6.45, 7) is 2.13. The minimum atomic E-state index is -4.37. The fourth-order valence-electron chi connectivity index (χ4n) is 2.14. The minimum Gasteiger partial charge on any atom is -0.484 e. The van der Waals surface area contributed by atoms with E-state index in [2.05, 4.69) is 15.4 Å². The fraction of sp³-hybridized carbons (Fsp3) is 0.533. The molecule has 2 N–H and O–H groups in total. The van der Waals surface area contributed by atoms with Crippen LogP contribution in [0.2, 0.25) is 0 Å². The molecule has 5 nitrogen and oxygen atoms in total. The molecule has 23 heavy (non-hydrogen) atoms. The normalized spacial score (nSPS) is 19.9. The Hall–Kier alpha value is -1.80. The summed E-state index contributed by atoms with van der Waals surface area (Å²) in [5.74, 6) is -0.0912. The molecule has 1 amide bonds. The van der Waals surface area contributed by atoms with Crippen LogP contribution in [0.3, 0.4) is 0 Å². The highest BCUT2D eigenvalue weighted by Crippen LogP contribution is 2.21. The van der Waals surface area contributed by atoms with Gasteiger partial charge in [-0.15, -0.1) is 0 Å². The van der Waals surface area contributed by atoms with Gasteiger partial charge in [-0.05, 0) is 24.6 Å². The van der Waals surface area contributed by atoms with Crippen molar-refractivity contribution in [3.8, 4) is 5.75 Å². The zero-order valence-electron chi connectivity index (χ0n) is 12.7. The van der Waals surface area contributed by atoms with Gasteiger partial charge in [0.1, 0.15) is 11.9 Å². The van der Waals surface area contributed by atoms with E-state index in [0.29, 0.717) is 13.2 Å². The number of morpholine rings is 1. The molecule has 2 rings (SSSR count). The lowest BCUT2D eigenvalue weighted by Gasteiger charge is -2.24.